The normalized spacial score (nSPS) is 21.0. The summed E-state index contributed by atoms with van der Waals surface area (Å²) in [4.78, 5) is 26.9. The summed E-state index contributed by atoms with van der Waals surface area (Å²) >= 11 is 0. The number of aromatic nitrogens is 1. The second-order valence-electron chi connectivity index (χ2n) is 8.32. The lowest BCUT2D eigenvalue weighted by Crippen LogP contribution is -2.33. The fourth-order valence-corrected chi connectivity index (χ4v) is 4.86. The fraction of sp³-hybridized carbons (Fsp3) is 0.429. The lowest BCUT2D eigenvalue weighted by atomic mass is 9.80. The molecule has 1 heterocycles. The first kappa shape index (κ1) is 23.6. The molecule has 1 aliphatic rings. The summed E-state index contributed by atoms with van der Waals surface area (Å²) in [5.41, 5.74) is -1.01. The van der Waals surface area contributed by atoms with Crippen molar-refractivity contribution in [1.29, 1.82) is 0 Å². The molecule has 1 saturated carbocycles. The van der Waals surface area contributed by atoms with Crippen LogP contribution in [-0.4, -0.2) is 41.5 Å². The number of rotatable bonds is 7. The van der Waals surface area contributed by atoms with Gasteiger partial charge in [0.2, 0.25) is 5.82 Å². The van der Waals surface area contributed by atoms with Gasteiger partial charge in [0.15, 0.2) is 0 Å². The quantitative estimate of drug-likeness (QED) is 0.420. The van der Waals surface area contributed by atoms with Crippen molar-refractivity contribution in [1.82, 2.24) is 9.71 Å². The van der Waals surface area contributed by atoms with Crippen LogP contribution in [-0.2, 0) is 10.0 Å². The van der Waals surface area contributed by atoms with Gasteiger partial charge < -0.3 is 10.4 Å². The number of anilines is 1. The molecule has 0 aliphatic heterocycles. The number of nitrogens with zero attached hydrogens (tertiary/aromatic N) is 2. The number of aliphatic hydroxyl groups is 1. The van der Waals surface area contributed by atoms with Crippen LogP contribution in [0.2, 0.25) is 0 Å². The Labute approximate surface area is 186 Å². The lowest BCUT2D eigenvalue weighted by Gasteiger charge is -2.33. The minimum atomic E-state index is -4.38. The van der Waals surface area contributed by atoms with E-state index in [0.29, 0.717) is 19.4 Å². The maximum atomic E-state index is 12.8. The van der Waals surface area contributed by atoms with Crippen LogP contribution in [0.3, 0.4) is 0 Å². The van der Waals surface area contributed by atoms with E-state index in [1.807, 2.05) is 4.72 Å². The highest BCUT2D eigenvalue weighted by Gasteiger charge is 2.30. The van der Waals surface area contributed by atoms with Gasteiger partial charge in [0.25, 0.3) is 15.9 Å². The Morgan fingerprint density at radius 2 is 1.91 bits per heavy atom. The smallest absolute Gasteiger partial charge is 0.312 e. The molecule has 1 aromatic heterocycles. The standard InChI is InChI=1S/C21H26N4O6S/c1-14-18(32(30,31)24-20(26)16-6-4-3-5-7-16)12-17(25(28)29)19(23-14)22-13-15-8-10-21(2,27)11-9-15/h3-7,12,15,27H,8-11,13H2,1-2H3,(H,22,23)(H,24,26). The molecule has 0 saturated heterocycles. The molecule has 1 fully saturated rings. The minimum Gasteiger partial charge on any atom is -0.390 e. The highest BCUT2D eigenvalue weighted by Crippen LogP contribution is 2.33. The molecule has 1 aromatic carbocycles. The van der Waals surface area contributed by atoms with Crippen molar-refractivity contribution in [2.45, 2.75) is 50.0 Å². The van der Waals surface area contributed by atoms with Crippen LogP contribution < -0.4 is 10.0 Å². The number of benzene rings is 1. The molecule has 2 aromatic rings. The summed E-state index contributed by atoms with van der Waals surface area (Å²) in [5, 5.41) is 24.6. The Bertz CT molecular complexity index is 1110. The summed E-state index contributed by atoms with van der Waals surface area (Å²) in [6.07, 6.45) is 2.83. The molecule has 3 rings (SSSR count). The van der Waals surface area contributed by atoms with Gasteiger partial charge in [0.05, 0.1) is 16.2 Å². The SMILES string of the molecule is Cc1nc(NCC2CCC(C)(O)CC2)c([N+](=O)[O-])cc1S(=O)(=O)NC(=O)c1ccccc1. The minimum absolute atomic E-state index is 0.0260. The Balaban J connectivity index is 1.80. The maximum absolute atomic E-state index is 12.8. The molecule has 0 bridgehead atoms. The molecule has 1 aliphatic carbocycles. The summed E-state index contributed by atoms with van der Waals surface area (Å²) in [6.45, 7) is 3.62. The molecule has 172 valence electrons. The van der Waals surface area contributed by atoms with Gasteiger partial charge in [0, 0.05) is 18.2 Å². The van der Waals surface area contributed by atoms with E-state index in [1.165, 1.54) is 19.1 Å². The van der Waals surface area contributed by atoms with E-state index in [4.69, 9.17) is 0 Å². The topological polar surface area (TPSA) is 152 Å². The predicted molar refractivity (Wildman–Crippen MR) is 118 cm³/mol. The van der Waals surface area contributed by atoms with Crippen molar-refractivity contribution < 1.29 is 23.2 Å². The number of carbonyl (C=O) groups excluding carboxylic acids is 1. The number of pyridine rings is 1. The van der Waals surface area contributed by atoms with Gasteiger partial charge in [-0.25, -0.2) is 18.1 Å². The van der Waals surface area contributed by atoms with Crippen LogP contribution in [0.1, 0.15) is 48.7 Å². The zero-order valence-electron chi connectivity index (χ0n) is 17.9. The van der Waals surface area contributed by atoms with Crippen molar-refractivity contribution in [2.24, 2.45) is 5.92 Å². The Hall–Kier alpha value is -3.05. The highest BCUT2D eigenvalue weighted by atomic mass is 32.2. The van der Waals surface area contributed by atoms with Crippen molar-refractivity contribution in [3.63, 3.8) is 0 Å². The second kappa shape index (κ2) is 9.21. The number of hydrogen-bond donors (Lipinski definition) is 3. The average Bonchev–Trinajstić information content (AvgIpc) is 2.73. The number of nitro groups is 1. The molecular formula is C21H26N4O6S. The number of hydrogen-bond acceptors (Lipinski definition) is 8. The Morgan fingerprint density at radius 1 is 1.28 bits per heavy atom. The van der Waals surface area contributed by atoms with Gasteiger partial charge in [-0.05, 0) is 57.6 Å². The van der Waals surface area contributed by atoms with E-state index < -0.39 is 37.0 Å². The van der Waals surface area contributed by atoms with Gasteiger partial charge in [-0.1, -0.05) is 18.2 Å². The van der Waals surface area contributed by atoms with Crippen LogP contribution in [0.5, 0.6) is 0 Å². The number of aryl methyl sites for hydroxylation is 1. The van der Waals surface area contributed by atoms with Gasteiger partial charge in [0.1, 0.15) is 4.90 Å². The van der Waals surface area contributed by atoms with E-state index in [1.54, 1.807) is 25.1 Å². The van der Waals surface area contributed by atoms with E-state index in [-0.39, 0.29) is 23.0 Å². The Kier molecular flexibility index (Phi) is 6.79. The summed E-state index contributed by atoms with van der Waals surface area (Å²) in [5.74, 6) is -0.660. The molecule has 0 unspecified atom stereocenters. The summed E-state index contributed by atoms with van der Waals surface area (Å²) < 4.78 is 27.4. The summed E-state index contributed by atoms with van der Waals surface area (Å²) in [7, 11) is -4.38. The van der Waals surface area contributed by atoms with Crippen molar-refractivity contribution in [2.75, 3.05) is 11.9 Å². The molecular weight excluding hydrogens is 436 g/mol. The molecule has 3 N–H and O–H groups in total. The summed E-state index contributed by atoms with van der Waals surface area (Å²) in [6, 6.07) is 8.69. The maximum Gasteiger partial charge on any atom is 0.312 e. The number of sulfonamides is 1. The van der Waals surface area contributed by atoms with Gasteiger partial charge in [-0.3, -0.25) is 14.9 Å². The fourth-order valence-electron chi connectivity index (χ4n) is 3.69. The first-order valence-electron chi connectivity index (χ1n) is 10.2. The first-order valence-corrected chi connectivity index (χ1v) is 11.7. The molecule has 11 heteroatoms. The lowest BCUT2D eigenvalue weighted by molar-refractivity contribution is -0.384. The molecule has 10 nitrogen and oxygen atoms in total. The molecule has 0 radical (unpaired) electrons. The second-order valence-corrected chi connectivity index (χ2v) is 9.97. The van der Waals surface area contributed by atoms with Crippen molar-refractivity contribution >= 4 is 27.4 Å². The zero-order valence-corrected chi connectivity index (χ0v) is 18.7. The third-order valence-electron chi connectivity index (χ3n) is 5.64. The largest absolute Gasteiger partial charge is 0.390 e. The van der Waals surface area contributed by atoms with E-state index in [0.717, 1.165) is 18.9 Å². The van der Waals surface area contributed by atoms with Gasteiger partial charge in [-0.15, -0.1) is 0 Å². The number of nitrogens with one attached hydrogen (secondary N) is 2. The van der Waals surface area contributed by atoms with Crippen LogP contribution in [0.25, 0.3) is 0 Å². The Morgan fingerprint density at radius 3 is 2.50 bits per heavy atom. The van der Waals surface area contributed by atoms with E-state index in [9.17, 15) is 28.4 Å². The molecule has 0 atom stereocenters. The van der Waals surface area contributed by atoms with Crippen LogP contribution in [0.15, 0.2) is 41.3 Å². The van der Waals surface area contributed by atoms with Gasteiger partial charge >= 0.3 is 5.69 Å². The third-order valence-corrected chi connectivity index (χ3v) is 7.08. The van der Waals surface area contributed by atoms with Gasteiger partial charge in [-0.2, -0.15) is 0 Å². The molecule has 32 heavy (non-hydrogen) atoms. The van der Waals surface area contributed by atoms with E-state index in [2.05, 4.69) is 10.3 Å². The van der Waals surface area contributed by atoms with Crippen LogP contribution in [0.4, 0.5) is 11.5 Å². The highest BCUT2D eigenvalue weighted by molar-refractivity contribution is 7.90. The van der Waals surface area contributed by atoms with Crippen molar-refractivity contribution in [3.8, 4) is 0 Å². The third kappa shape index (κ3) is 5.60. The molecule has 0 spiro atoms. The molecule has 1 amide bonds. The van der Waals surface area contributed by atoms with E-state index >= 15 is 0 Å². The van der Waals surface area contributed by atoms with Crippen LogP contribution >= 0.6 is 0 Å². The number of carbonyl (C=O) groups is 1. The van der Waals surface area contributed by atoms with Crippen molar-refractivity contribution in [3.05, 3.63) is 57.8 Å². The monoisotopic (exact) mass is 462 g/mol. The van der Waals surface area contributed by atoms with Crippen LogP contribution in [0, 0.1) is 23.0 Å². The average molecular weight is 463 g/mol. The number of amides is 1. The zero-order chi connectivity index (χ0) is 23.5. The predicted octanol–water partition coefficient (Wildman–Crippen LogP) is 2.77. The first-order chi connectivity index (χ1) is 15.0.